The van der Waals surface area contributed by atoms with E-state index in [0.29, 0.717) is 31.7 Å². The summed E-state index contributed by atoms with van der Waals surface area (Å²) in [4.78, 5) is 33.2. The first-order valence-corrected chi connectivity index (χ1v) is 12.6. The Hall–Kier alpha value is -3.03. The van der Waals surface area contributed by atoms with Gasteiger partial charge < -0.3 is 9.80 Å². The van der Waals surface area contributed by atoms with Crippen molar-refractivity contribution in [3.05, 3.63) is 92.9 Å². The zero-order valence-corrected chi connectivity index (χ0v) is 20.1. The number of halogens is 1. The Morgan fingerprint density at radius 2 is 1.71 bits per heavy atom. The number of nitrogens with zero attached hydrogens (tertiary/aromatic N) is 3. The first-order chi connectivity index (χ1) is 16.5. The lowest BCUT2D eigenvalue weighted by molar-refractivity contribution is -0.134. The van der Waals surface area contributed by atoms with Gasteiger partial charge in [0, 0.05) is 43.2 Å². The predicted octanol–water partition coefficient (Wildman–Crippen LogP) is 4.13. The highest BCUT2D eigenvalue weighted by molar-refractivity contribution is 7.10. The van der Waals surface area contributed by atoms with Gasteiger partial charge in [0.25, 0.3) is 5.91 Å². The Labute approximate surface area is 203 Å². The van der Waals surface area contributed by atoms with Gasteiger partial charge in [0.05, 0.1) is 12.6 Å². The molecule has 0 aliphatic carbocycles. The number of carbonyl (C=O) groups excluding carboxylic acids is 2. The minimum Gasteiger partial charge on any atom is -0.338 e. The lowest BCUT2D eigenvalue weighted by Gasteiger charge is -2.39. The summed E-state index contributed by atoms with van der Waals surface area (Å²) in [6, 6.07) is 16.3. The molecule has 0 saturated carbocycles. The van der Waals surface area contributed by atoms with Gasteiger partial charge in [-0.2, -0.15) is 0 Å². The van der Waals surface area contributed by atoms with Gasteiger partial charge in [0.15, 0.2) is 0 Å². The zero-order chi connectivity index (χ0) is 23.7. The summed E-state index contributed by atoms with van der Waals surface area (Å²) in [6.07, 6.45) is 0.894. The Kier molecular flexibility index (Phi) is 6.48. The van der Waals surface area contributed by atoms with Crippen LogP contribution in [0.3, 0.4) is 0 Å². The molecule has 1 saturated heterocycles. The molecule has 0 radical (unpaired) electrons. The van der Waals surface area contributed by atoms with Gasteiger partial charge in [-0.25, -0.2) is 4.39 Å². The van der Waals surface area contributed by atoms with Gasteiger partial charge in [0.2, 0.25) is 5.91 Å². The van der Waals surface area contributed by atoms with E-state index in [-0.39, 0.29) is 30.2 Å². The number of fused-ring (bicyclic) bond motifs is 1. The van der Waals surface area contributed by atoms with Crippen molar-refractivity contribution < 1.29 is 14.0 Å². The number of amides is 2. The van der Waals surface area contributed by atoms with E-state index in [9.17, 15) is 14.0 Å². The molecule has 5 rings (SSSR count). The van der Waals surface area contributed by atoms with Crippen molar-refractivity contribution in [2.45, 2.75) is 19.4 Å². The third-order valence-electron chi connectivity index (χ3n) is 6.79. The maximum Gasteiger partial charge on any atom is 0.253 e. The Balaban J connectivity index is 1.25. The van der Waals surface area contributed by atoms with E-state index in [2.05, 4.69) is 16.3 Å². The van der Waals surface area contributed by atoms with Crippen LogP contribution in [0, 0.1) is 12.7 Å². The fraction of sp³-hybridized carbons (Fsp3) is 0.333. The molecule has 1 atom stereocenters. The average Bonchev–Trinajstić information content (AvgIpc) is 3.33. The molecule has 2 aliphatic rings. The summed E-state index contributed by atoms with van der Waals surface area (Å²) in [7, 11) is 0. The molecule has 1 fully saturated rings. The van der Waals surface area contributed by atoms with Crippen LogP contribution in [0.15, 0.2) is 60.0 Å². The number of benzene rings is 2. The van der Waals surface area contributed by atoms with Crippen molar-refractivity contribution in [2.24, 2.45) is 0 Å². The fourth-order valence-corrected chi connectivity index (χ4v) is 5.82. The highest BCUT2D eigenvalue weighted by Crippen LogP contribution is 2.37. The van der Waals surface area contributed by atoms with Crippen LogP contribution in [0.2, 0.25) is 0 Å². The standard InChI is InChI=1S/C27H28FN3O2S/c1-19-5-7-20(8-6-19)27(33)30-14-12-29(13-15-30)25(32)18-31-11-9-24-23(10-16-34-24)26(31)21-3-2-4-22(28)17-21/h2-8,10,16-17,26H,9,11-15,18H2,1H3/t26-/m1/s1. The number of rotatable bonds is 4. The largest absolute Gasteiger partial charge is 0.338 e. The second-order valence-electron chi connectivity index (χ2n) is 9.02. The third-order valence-corrected chi connectivity index (χ3v) is 7.78. The summed E-state index contributed by atoms with van der Waals surface area (Å²) < 4.78 is 14.0. The molecule has 0 bridgehead atoms. The maximum absolute atomic E-state index is 14.0. The molecular formula is C27H28FN3O2S. The quantitative estimate of drug-likeness (QED) is 0.568. The molecule has 7 heteroatoms. The van der Waals surface area contributed by atoms with Gasteiger partial charge in [-0.05, 0) is 60.2 Å². The summed E-state index contributed by atoms with van der Waals surface area (Å²) in [6.45, 7) is 5.14. The molecule has 2 amide bonds. The van der Waals surface area contributed by atoms with Crippen molar-refractivity contribution in [1.29, 1.82) is 0 Å². The van der Waals surface area contributed by atoms with Crippen molar-refractivity contribution >= 4 is 23.2 Å². The van der Waals surface area contributed by atoms with Crippen LogP contribution in [-0.2, 0) is 11.2 Å². The number of hydrogen-bond acceptors (Lipinski definition) is 4. The van der Waals surface area contributed by atoms with Crippen molar-refractivity contribution in [3.63, 3.8) is 0 Å². The zero-order valence-electron chi connectivity index (χ0n) is 19.2. The first kappa shape index (κ1) is 22.7. The van der Waals surface area contributed by atoms with Gasteiger partial charge >= 0.3 is 0 Å². The average molecular weight is 478 g/mol. The number of hydrogen-bond donors (Lipinski definition) is 0. The minimum atomic E-state index is -0.263. The Morgan fingerprint density at radius 3 is 2.44 bits per heavy atom. The molecule has 176 valence electrons. The predicted molar refractivity (Wildman–Crippen MR) is 132 cm³/mol. The van der Waals surface area contributed by atoms with E-state index in [4.69, 9.17) is 0 Å². The van der Waals surface area contributed by atoms with E-state index in [1.54, 1.807) is 23.5 Å². The highest BCUT2D eigenvalue weighted by Gasteiger charge is 2.33. The molecule has 3 heterocycles. The van der Waals surface area contributed by atoms with Crippen LogP contribution in [0.5, 0.6) is 0 Å². The molecular weight excluding hydrogens is 449 g/mol. The number of aryl methyl sites for hydroxylation is 1. The number of piperazine rings is 1. The normalized spacial score (nSPS) is 18.6. The van der Waals surface area contributed by atoms with Crippen LogP contribution >= 0.6 is 11.3 Å². The molecule has 2 aliphatic heterocycles. The lowest BCUT2D eigenvalue weighted by Crippen LogP contribution is -2.53. The van der Waals surface area contributed by atoms with Crippen LogP contribution in [0.25, 0.3) is 0 Å². The second kappa shape index (κ2) is 9.68. The second-order valence-corrected chi connectivity index (χ2v) is 10.0. The topological polar surface area (TPSA) is 43.9 Å². The van der Waals surface area contributed by atoms with E-state index >= 15 is 0 Å². The van der Waals surface area contributed by atoms with Crippen LogP contribution < -0.4 is 0 Å². The SMILES string of the molecule is Cc1ccc(C(=O)N2CCN(C(=O)CN3CCc4sccc4[C@H]3c3cccc(F)c3)CC2)cc1. The minimum absolute atomic E-state index is 0.0132. The molecule has 0 spiro atoms. The van der Waals surface area contributed by atoms with Gasteiger partial charge in [-0.1, -0.05) is 29.8 Å². The van der Waals surface area contributed by atoms with E-state index in [1.807, 2.05) is 47.1 Å². The van der Waals surface area contributed by atoms with E-state index in [1.165, 1.54) is 16.5 Å². The maximum atomic E-state index is 14.0. The van der Waals surface area contributed by atoms with Crippen LogP contribution in [0.4, 0.5) is 4.39 Å². The Bertz CT molecular complexity index is 1180. The number of thiophene rings is 1. The van der Waals surface area contributed by atoms with Crippen molar-refractivity contribution in [1.82, 2.24) is 14.7 Å². The van der Waals surface area contributed by atoms with Gasteiger partial charge in [-0.15, -0.1) is 11.3 Å². The van der Waals surface area contributed by atoms with Gasteiger partial charge in [-0.3, -0.25) is 14.5 Å². The molecule has 34 heavy (non-hydrogen) atoms. The van der Waals surface area contributed by atoms with Crippen molar-refractivity contribution in [2.75, 3.05) is 39.3 Å². The fourth-order valence-electron chi connectivity index (χ4n) is 4.92. The van der Waals surface area contributed by atoms with Crippen molar-refractivity contribution in [3.8, 4) is 0 Å². The van der Waals surface area contributed by atoms with Crippen LogP contribution in [0.1, 0.15) is 38.0 Å². The molecule has 3 aromatic rings. The summed E-state index contributed by atoms with van der Waals surface area (Å²) in [5.41, 5.74) is 3.85. The Morgan fingerprint density at radius 1 is 0.971 bits per heavy atom. The van der Waals surface area contributed by atoms with Gasteiger partial charge in [0.1, 0.15) is 5.82 Å². The molecule has 5 nitrogen and oxygen atoms in total. The first-order valence-electron chi connectivity index (χ1n) is 11.7. The van der Waals surface area contributed by atoms with Crippen LogP contribution in [-0.4, -0.2) is 65.8 Å². The number of carbonyl (C=O) groups is 2. The smallest absolute Gasteiger partial charge is 0.253 e. The molecule has 1 aromatic heterocycles. The molecule has 0 unspecified atom stereocenters. The monoisotopic (exact) mass is 477 g/mol. The highest BCUT2D eigenvalue weighted by atomic mass is 32.1. The van der Waals surface area contributed by atoms with E-state index < -0.39 is 0 Å². The molecule has 0 N–H and O–H groups in total. The summed E-state index contributed by atoms with van der Waals surface area (Å²) >= 11 is 1.73. The summed E-state index contributed by atoms with van der Waals surface area (Å²) in [5.74, 6) is -0.192. The lowest BCUT2D eigenvalue weighted by atomic mass is 9.93. The third kappa shape index (κ3) is 4.63. The summed E-state index contributed by atoms with van der Waals surface area (Å²) in [5, 5.41) is 2.08. The molecule has 2 aromatic carbocycles. The van der Waals surface area contributed by atoms with E-state index in [0.717, 1.165) is 24.1 Å².